The Labute approximate surface area is 127 Å². The predicted octanol–water partition coefficient (Wildman–Crippen LogP) is 2.26. The second-order valence-electron chi connectivity index (χ2n) is 6.47. The molecular formula is C16H24N2O2S. The summed E-state index contributed by atoms with van der Waals surface area (Å²) in [5, 5.41) is 3.43. The second kappa shape index (κ2) is 6.07. The molecule has 116 valence electrons. The van der Waals surface area contributed by atoms with Gasteiger partial charge in [0.1, 0.15) is 0 Å². The van der Waals surface area contributed by atoms with Crippen molar-refractivity contribution in [3.8, 4) is 0 Å². The molecule has 1 aromatic carbocycles. The molecule has 5 heteroatoms. The fourth-order valence-electron chi connectivity index (χ4n) is 2.49. The SMILES string of the molecule is CC(CNS(=O)(=O)c1ccc(CNC2CC2)cc1)C1CC1. The first kappa shape index (κ1) is 15.0. The molecule has 2 saturated carbocycles. The molecule has 0 heterocycles. The highest BCUT2D eigenvalue weighted by Gasteiger charge is 2.28. The number of benzene rings is 1. The van der Waals surface area contributed by atoms with Crippen LogP contribution in [0.25, 0.3) is 0 Å². The third-order valence-corrected chi connectivity index (χ3v) is 5.87. The van der Waals surface area contributed by atoms with Crippen LogP contribution in [0.2, 0.25) is 0 Å². The zero-order valence-corrected chi connectivity index (χ0v) is 13.3. The number of sulfonamides is 1. The smallest absolute Gasteiger partial charge is 0.240 e. The topological polar surface area (TPSA) is 58.2 Å². The highest BCUT2D eigenvalue weighted by atomic mass is 32.2. The first-order valence-corrected chi connectivity index (χ1v) is 9.35. The van der Waals surface area contributed by atoms with Gasteiger partial charge in [-0.05, 0) is 55.2 Å². The normalized spacial score (nSPS) is 20.4. The van der Waals surface area contributed by atoms with Gasteiger partial charge in [0, 0.05) is 19.1 Å². The number of rotatable bonds is 8. The zero-order valence-electron chi connectivity index (χ0n) is 12.5. The van der Waals surface area contributed by atoms with E-state index in [0.717, 1.165) is 12.1 Å². The molecule has 2 aliphatic rings. The molecule has 4 nitrogen and oxygen atoms in total. The Balaban J connectivity index is 1.55. The number of nitrogens with one attached hydrogen (secondary N) is 2. The number of hydrogen-bond donors (Lipinski definition) is 2. The quantitative estimate of drug-likeness (QED) is 0.774. The van der Waals surface area contributed by atoms with Gasteiger partial charge in [0.15, 0.2) is 0 Å². The van der Waals surface area contributed by atoms with Crippen LogP contribution in [-0.2, 0) is 16.6 Å². The summed E-state index contributed by atoms with van der Waals surface area (Å²) in [5.74, 6) is 1.14. The van der Waals surface area contributed by atoms with Gasteiger partial charge < -0.3 is 5.32 Å². The monoisotopic (exact) mass is 308 g/mol. The van der Waals surface area contributed by atoms with Crippen molar-refractivity contribution in [2.75, 3.05) is 6.54 Å². The Bertz CT molecular complexity index is 575. The second-order valence-corrected chi connectivity index (χ2v) is 8.23. The Morgan fingerprint density at radius 1 is 1.14 bits per heavy atom. The standard InChI is InChI=1S/C16H24N2O2S/c1-12(14-4-5-14)10-18-21(19,20)16-8-2-13(3-9-16)11-17-15-6-7-15/h2-3,8-9,12,14-15,17-18H,4-7,10-11H2,1H3. The van der Waals surface area contributed by atoms with E-state index in [1.165, 1.54) is 25.7 Å². The fraction of sp³-hybridized carbons (Fsp3) is 0.625. The van der Waals surface area contributed by atoms with Gasteiger partial charge in [-0.1, -0.05) is 19.1 Å². The van der Waals surface area contributed by atoms with Gasteiger partial charge in [0.2, 0.25) is 10.0 Å². The van der Waals surface area contributed by atoms with Crippen LogP contribution in [0.15, 0.2) is 29.2 Å². The van der Waals surface area contributed by atoms with Crippen LogP contribution in [0.3, 0.4) is 0 Å². The summed E-state index contributed by atoms with van der Waals surface area (Å²) >= 11 is 0. The Hall–Kier alpha value is -0.910. The van der Waals surface area contributed by atoms with E-state index in [1.807, 2.05) is 12.1 Å². The summed E-state index contributed by atoms with van der Waals surface area (Å²) in [6.45, 7) is 3.47. The lowest BCUT2D eigenvalue weighted by molar-refractivity contribution is 0.492. The molecule has 3 rings (SSSR count). The first-order chi connectivity index (χ1) is 10.0. The maximum atomic E-state index is 12.2. The molecule has 2 N–H and O–H groups in total. The summed E-state index contributed by atoms with van der Waals surface area (Å²) in [7, 11) is -3.37. The summed E-state index contributed by atoms with van der Waals surface area (Å²) in [4.78, 5) is 0.362. The summed E-state index contributed by atoms with van der Waals surface area (Å²) in [6, 6.07) is 7.86. The lowest BCUT2D eigenvalue weighted by atomic mass is 10.1. The van der Waals surface area contributed by atoms with Crippen molar-refractivity contribution in [1.82, 2.24) is 10.0 Å². The lowest BCUT2D eigenvalue weighted by Gasteiger charge is -2.12. The maximum Gasteiger partial charge on any atom is 0.240 e. The third-order valence-electron chi connectivity index (χ3n) is 4.43. The molecule has 21 heavy (non-hydrogen) atoms. The van der Waals surface area contributed by atoms with Crippen LogP contribution in [0.4, 0.5) is 0 Å². The van der Waals surface area contributed by atoms with E-state index in [0.29, 0.717) is 29.3 Å². The van der Waals surface area contributed by atoms with E-state index in [1.54, 1.807) is 12.1 Å². The summed E-state index contributed by atoms with van der Waals surface area (Å²) in [5.41, 5.74) is 1.13. The molecule has 0 amide bonds. The van der Waals surface area contributed by atoms with Crippen LogP contribution in [0, 0.1) is 11.8 Å². The van der Waals surface area contributed by atoms with Gasteiger partial charge in [0.25, 0.3) is 0 Å². The minimum atomic E-state index is -3.37. The van der Waals surface area contributed by atoms with Crippen LogP contribution < -0.4 is 10.0 Å². The van der Waals surface area contributed by atoms with Crippen molar-refractivity contribution in [2.24, 2.45) is 11.8 Å². The van der Waals surface area contributed by atoms with E-state index < -0.39 is 10.0 Å². The number of hydrogen-bond acceptors (Lipinski definition) is 3. The van der Waals surface area contributed by atoms with Crippen molar-refractivity contribution in [2.45, 2.75) is 50.1 Å². The van der Waals surface area contributed by atoms with E-state index in [-0.39, 0.29) is 0 Å². The molecule has 0 spiro atoms. The Morgan fingerprint density at radius 3 is 2.38 bits per heavy atom. The molecule has 1 atom stereocenters. The van der Waals surface area contributed by atoms with Gasteiger partial charge in [-0.15, -0.1) is 0 Å². The molecule has 0 saturated heterocycles. The summed E-state index contributed by atoms with van der Waals surface area (Å²) < 4.78 is 27.2. The molecular weight excluding hydrogens is 284 g/mol. The molecule has 0 bridgehead atoms. The van der Waals surface area contributed by atoms with Crippen LogP contribution in [0.1, 0.15) is 38.2 Å². The molecule has 1 aromatic rings. The fourth-order valence-corrected chi connectivity index (χ4v) is 3.64. The van der Waals surface area contributed by atoms with Crippen molar-refractivity contribution < 1.29 is 8.42 Å². The van der Waals surface area contributed by atoms with E-state index >= 15 is 0 Å². The lowest BCUT2D eigenvalue weighted by Crippen LogP contribution is -2.29. The van der Waals surface area contributed by atoms with Crippen molar-refractivity contribution in [1.29, 1.82) is 0 Å². The molecule has 1 unspecified atom stereocenters. The predicted molar refractivity (Wildman–Crippen MR) is 83.4 cm³/mol. The van der Waals surface area contributed by atoms with Crippen molar-refractivity contribution >= 4 is 10.0 Å². The minimum absolute atomic E-state index is 0.362. The average Bonchev–Trinajstić information content (AvgIpc) is 3.36. The van der Waals surface area contributed by atoms with E-state index in [2.05, 4.69) is 17.0 Å². The average molecular weight is 308 g/mol. The van der Waals surface area contributed by atoms with Gasteiger partial charge in [-0.2, -0.15) is 0 Å². The van der Waals surface area contributed by atoms with Crippen LogP contribution >= 0.6 is 0 Å². The summed E-state index contributed by atoms with van der Waals surface area (Å²) in [6.07, 6.45) is 5.00. The van der Waals surface area contributed by atoms with E-state index in [9.17, 15) is 8.42 Å². The highest BCUT2D eigenvalue weighted by molar-refractivity contribution is 7.89. The van der Waals surface area contributed by atoms with Gasteiger partial charge in [-0.25, -0.2) is 13.1 Å². The van der Waals surface area contributed by atoms with Crippen molar-refractivity contribution in [3.63, 3.8) is 0 Å². The van der Waals surface area contributed by atoms with Gasteiger partial charge >= 0.3 is 0 Å². The largest absolute Gasteiger partial charge is 0.310 e. The zero-order chi connectivity index (χ0) is 14.9. The van der Waals surface area contributed by atoms with E-state index in [4.69, 9.17) is 0 Å². The van der Waals surface area contributed by atoms with Crippen LogP contribution in [-0.4, -0.2) is 21.0 Å². The molecule has 0 radical (unpaired) electrons. The molecule has 0 aliphatic heterocycles. The maximum absolute atomic E-state index is 12.2. The first-order valence-electron chi connectivity index (χ1n) is 7.86. The molecule has 2 aliphatic carbocycles. The Morgan fingerprint density at radius 2 is 1.81 bits per heavy atom. The third kappa shape index (κ3) is 4.28. The van der Waals surface area contributed by atoms with Gasteiger partial charge in [0.05, 0.1) is 4.90 Å². The molecule has 2 fully saturated rings. The Kier molecular flexibility index (Phi) is 4.33. The molecule has 0 aromatic heterocycles. The van der Waals surface area contributed by atoms with Crippen LogP contribution in [0.5, 0.6) is 0 Å². The highest BCUT2D eigenvalue weighted by Crippen LogP contribution is 2.36. The van der Waals surface area contributed by atoms with Crippen molar-refractivity contribution in [3.05, 3.63) is 29.8 Å². The minimum Gasteiger partial charge on any atom is -0.310 e. The van der Waals surface area contributed by atoms with Gasteiger partial charge in [-0.3, -0.25) is 0 Å².